The summed E-state index contributed by atoms with van der Waals surface area (Å²) < 4.78 is 5.84. The van der Waals surface area contributed by atoms with Gasteiger partial charge >= 0.3 is 0 Å². The average Bonchev–Trinajstić information content (AvgIpc) is 3.11. The van der Waals surface area contributed by atoms with Crippen LogP contribution in [0.25, 0.3) is 0 Å². The minimum absolute atomic E-state index is 0.335. The van der Waals surface area contributed by atoms with Crippen LogP contribution < -0.4 is 4.90 Å². The number of ether oxygens (including phenoxy) is 1. The fourth-order valence-corrected chi connectivity index (χ4v) is 3.06. The number of hydrogen-bond donors (Lipinski definition) is 0. The molecular weight excluding hydrogens is 222 g/mol. The summed E-state index contributed by atoms with van der Waals surface area (Å²) in [6.07, 6.45) is 3.40. The number of morpholine rings is 1. The first-order valence-corrected chi connectivity index (χ1v) is 7.14. The first-order chi connectivity index (χ1) is 8.63. The molecule has 2 unspecified atom stereocenters. The van der Waals surface area contributed by atoms with Crippen LogP contribution in [0.3, 0.4) is 0 Å². The van der Waals surface area contributed by atoms with Gasteiger partial charge in [0.1, 0.15) is 0 Å². The second kappa shape index (κ2) is 4.58. The molecule has 2 fully saturated rings. The molecule has 2 nitrogen and oxygen atoms in total. The van der Waals surface area contributed by atoms with Gasteiger partial charge in [0.25, 0.3) is 0 Å². The molecule has 0 amide bonds. The topological polar surface area (TPSA) is 12.5 Å². The molecule has 0 spiro atoms. The largest absolute Gasteiger partial charge is 0.372 e. The zero-order valence-electron chi connectivity index (χ0n) is 11.6. The van der Waals surface area contributed by atoms with Crippen LogP contribution >= 0.6 is 0 Å². The molecule has 3 rings (SSSR count). The van der Waals surface area contributed by atoms with Crippen LogP contribution in [0.2, 0.25) is 0 Å². The molecule has 18 heavy (non-hydrogen) atoms. The summed E-state index contributed by atoms with van der Waals surface area (Å²) in [5.74, 6) is 0.813. The fraction of sp³-hybridized carbons (Fsp3) is 0.625. The van der Waals surface area contributed by atoms with Gasteiger partial charge in [-0.1, -0.05) is 17.7 Å². The Balaban J connectivity index is 1.90. The summed E-state index contributed by atoms with van der Waals surface area (Å²) in [4.78, 5) is 2.52. The lowest BCUT2D eigenvalue weighted by atomic mass is 10.0. The quantitative estimate of drug-likeness (QED) is 0.791. The predicted octanol–water partition coefficient (Wildman–Crippen LogP) is 3.49. The number of hydrogen-bond acceptors (Lipinski definition) is 2. The summed E-state index contributed by atoms with van der Waals surface area (Å²) >= 11 is 0. The number of anilines is 1. The van der Waals surface area contributed by atoms with E-state index in [2.05, 4.69) is 43.9 Å². The van der Waals surface area contributed by atoms with E-state index in [-0.39, 0.29) is 0 Å². The van der Waals surface area contributed by atoms with E-state index >= 15 is 0 Å². The Hall–Kier alpha value is -1.02. The van der Waals surface area contributed by atoms with Gasteiger partial charge in [0.05, 0.1) is 12.2 Å². The molecule has 0 bridgehead atoms. The van der Waals surface area contributed by atoms with Crippen LogP contribution in [0.4, 0.5) is 5.69 Å². The predicted molar refractivity (Wildman–Crippen MR) is 75.4 cm³/mol. The third-order valence-corrected chi connectivity index (χ3v) is 3.96. The number of aryl methyl sites for hydroxylation is 1. The van der Waals surface area contributed by atoms with Gasteiger partial charge in [0.2, 0.25) is 0 Å². The van der Waals surface area contributed by atoms with Crippen molar-refractivity contribution in [2.75, 3.05) is 18.0 Å². The SMILES string of the molecule is Cc1ccc(N2CC(C)OC(C)C2)c(C2CC2)c1. The smallest absolute Gasteiger partial charge is 0.0726 e. The lowest BCUT2D eigenvalue weighted by Crippen LogP contribution is -2.45. The van der Waals surface area contributed by atoms with E-state index in [9.17, 15) is 0 Å². The summed E-state index contributed by atoms with van der Waals surface area (Å²) in [6.45, 7) is 8.59. The lowest BCUT2D eigenvalue weighted by Gasteiger charge is -2.38. The highest BCUT2D eigenvalue weighted by Gasteiger charge is 2.30. The number of benzene rings is 1. The van der Waals surface area contributed by atoms with Gasteiger partial charge in [-0.2, -0.15) is 0 Å². The molecule has 2 aliphatic rings. The lowest BCUT2D eigenvalue weighted by molar-refractivity contribution is -0.00526. The molecule has 1 aliphatic heterocycles. The molecule has 1 aliphatic carbocycles. The Morgan fingerprint density at radius 2 is 1.78 bits per heavy atom. The minimum Gasteiger partial charge on any atom is -0.372 e. The van der Waals surface area contributed by atoms with Gasteiger partial charge in [-0.3, -0.25) is 0 Å². The highest BCUT2D eigenvalue weighted by molar-refractivity contribution is 5.58. The van der Waals surface area contributed by atoms with Crippen molar-refractivity contribution < 1.29 is 4.74 Å². The Bertz CT molecular complexity index is 429. The minimum atomic E-state index is 0.335. The molecule has 1 aromatic carbocycles. The van der Waals surface area contributed by atoms with Crippen molar-refractivity contribution in [1.29, 1.82) is 0 Å². The van der Waals surface area contributed by atoms with E-state index < -0.39 is 0 Å². The van der Waals surface area contributed by atoms with Gasteiger partial charge < -0.3 is 9.64 Å². The Labute approximate surface area is 110 Å². The fourth-order valence-electron chi connectivity index (χ4n) is 3.06. The molecule has 2 atom stereocenters. The van der Waals surface area contributed by atoms with Crippen LogP contribution in [-0.2, 0) is 4.74 Å². The first kappa shape index (κ1) is 12.0. The second-order valence-electron chi connectivity index (χ2n) is 6.00. The van der Waals surface area contributed by atoms with Crippen LogP contribution in [0.5, 0.6) is 0 Å². The molecule has 1 saturated carbocycles. The van der Waals surface area contributed by atoms with Crippen molar-refractivity contribution in [2.24, 2.45) is 0 Å². The molecule has 1 saturated heterocycles. The third kappa shape index (κ3) is 2.39. The summed E-state index contributed by atoms with van der Waals surface area (Å²) in [7, 11) is 0. The van der Waals surface area contributed by atoms with Crippen molar-refractivity contribution >= 4 is 5.69 Å². The van der Waals surface area contributed by atoms with Crippen LogP contribution in [0.1, 0.15) is 43.7 Å². The summed E-state index contributed by atoms with van der Waals surface area (Å²) in [6, 6.07) is 6.94. The van der Waals surface area contributed by atoms with Crippen molar-refractivity contribution in [3.05, 3.63) is 29.3 Å². The zero-order valence-corrected chi connectivity index (χ0v) is 11.6. The maximum atomic E-state index is 5.84. The zero-order chi connectivity index (χ0) is 12.7. The van der Waals surface area contributed by atoms with Gasteiger partial charge in [-0.05, 0) is 51.2 Å². The maximum absolute atomic E-state index is 5.84. The monoisotopic (exact) mass is 245 g/mol. The van der Waals surface area contributed by atoms with Crippen LogP contribution in [-0.4, -0.2) is 25.3 Å². The van der Waals surface area contributed by atoms with Crippen LogP contribution in [0, 0.1) is 6.92 Å². The Kier molecular flexibility index (Phi) is 3.06. The van der Waals surface area contributed by atoms with E-state index in [0.717, 1.165) is 19.0 Å². The van der Waals surface area contributed by atoms with E-state index in [1.165, 1.54) is 24.1 Å². The third-order valence-electron chi connectivity index (χ3n) is 3.96. The summed E-state index contributed by atoms with van der Waals surface area (Å²) in [5, 5.41) is 0. The van der Waals surface area contributed by atoms with Gasteiger partial charge in [0.15, 0.2) is 0 Å². The molecule has 0 aromatic heterocycles. The van der Waals surface area contributed by atoms with E-state index in [1.54, 1.807) is 5.56 Å². The summed E-state index contributed by atoms with van der Waals surface area (Å²) in [5.41, 5.74) is 4.40. The van der Waals surface area contributed by atoms with Crippen molar-refractivity contribution in [1.82, 2.24) is 0 Å². The van der Waals surface area contributed by atoms with Gasteiger partial charge in [-0.25, -0.2) is 0 Å². The first-order valence-electron chi connectivity index (χ1n) is 7.14. The van der Waals surface area contributed by atoms with E-state index in [0.29, 0.717) is 12.2 Å². The molecular formula is C16H23NO. The molecule has 1 heterocycles. The normalized spacial score (nSPS) is 28.5. The molecule has 0 radical (unpaired) electrons. The Morgan fingerprint density at radius 1 is 1.11 bits per heavy atom. The number of nitrogens with zero attached hydrogens (tertiary/aromatic N) is 1. The molecule has 0 N–H and O–H groups in total. The molecule has 1 aromatic rings. The number of rotatable bonds is 2. The van der Waals surface area contributed by atoms with E-state index in [1.807, 2.05) is 0 Å². The van der Waals surface area contributed by atoms with Crippen molar-refractivity contribution in [2.45, 2.75) is 51.7 Å². The van der Waals surface area contributed by atoms with Crippen molar-refractivity contribution in [3.63, 3.8) is 0 Å². The second-order valence-corrected chi connectivity index (χ2v) is 6.00. The molecule has 98 valence electrons. The van der Waals surface area contributed by atoms with Gasteiger partial charge in [0, 0.05) is 18.8 Å². The van der Waals surface area contributed by atoms with Gasteiger partial charge in [-0.15, -0.1) is 0 Å². The highest BCUT2D eigenvalue weighted by atomic mass is 16.5. The Morgan fingerprint density at radius 3 is 2.39 bits per heavy atom. The average molecular weight is 245 g/mol. The standard InChI is InChI=1S/C16H23NO/c1-11-4-7-16(15(8-11)14-5-6-14)17-9-12(2)18-13(3)10-17/h4,7-8,12-14H,5-6,9-10H2,1-3H3. The maximum Gasteiger partial charge on any atom is 0.0726 e. The van der Waals surface area contributed by atoms with Crippen molar-refractivity contribution in [3.8, 4) is 0 Å². The van der Waals surface area contributed by atoms with E-state index in [4.69, 9.17) is 4.74 Å². The highest BCUT2D eigenvalue weighted by Crippen LogP contribution is 2.45. The van der Waals surface area contributed by atoms with Crippen LogP contribution in [0.15, 0.2) is 18.2 Å². The molecule has 2 heteroatoms.